The Morgan fingerprint density at radius 1 is 1.05 bits per heavy atom. The second kappa shape index (κ2) is 12.6. The minimum atomic E-state index is -4.65. The largest absolute Gasteiger partial charge is 0.512 e. The molecule has 2 aromatic carbocycles. The van der Waals surface area contributed by atoms with E-state index in [0.717, 1.165) is 18.1 Å². The second-order valence-corrected chi connectivity index (χ2v) is 12.0. The smallest absolute Gasteiger partial charge is 0.417 e. The third kappa shape index (κ3) is 7.13. The van der Waals surface area contributed by atoms with Crippen LogP contribution in [0.5, 0.6) is 0 Å². The van der Waals surface area contributed by atoms with Crippen molar-refractivity contribution in [1.82, 2.24) is 4.98 Å². The average Bonchev–Trinajstić information content (AvgIpc) is 2.94. The van der Waals surface area contributed by atoms with Gasteiger partial charge in [-0.25, -0.2) is 9.78 Å². The Labute approximate surface area is 243 Å². The molecule has 1 aromatic heterocycles. The number of ether oxygens (including phenoxy) is 1. The minimum absolute atomic E-state index is 0.0421. The van der Waals surface area contributed by atoms with Crippen LogP contribution in [0.1, 0.15) is 68.6 Å². The predicted molar refractivity (Wildman–Crippen MR) is 152 cm³/mol. The number of nitrogens with zero attached hydrogens (tertiary/aromatic N) is 1. The highest BCUT2D eigenvalue weighted by Gasteiger charge is 2.43. The second-order valence-electron chi connectivity index (χ2n) is 10.4. The fraction of sp³-hybridized carbons (Fsp3) is 0.355. The van der Waals surface area contributed by atoms with Crippen LogP contribution in [0.25, 0.3) is 0 Å². The summed E-state index contributed by atoms with van der Waals surface area (Å²) in [6.45, 7) is 3.83. The first kappa shape index (κ1) is 31.1. The van der Waals surface area contributed by atoms with Crippen LogP contribution in [0.3, 0.4) is 0 Å². The van der Waals surface area contributed by atoms with E-state index in [2.05, 4.69) is 9.71 Å². The number of sulfonamides is 1. The van der Waals surface area contributed by atoms with Gasteiger partial charge >= 0.3 is 12.1 Å². The van der Waals surface area contributed by atoms with E-state index < -0.39 is 44.3 Å². The van der Waals surface area contributed by atoms with Crippen molar-refractivity contribution in [2.45, 2.75) is 75.1 Å². The Morgan fingerprint density at radius 3 is 2.38 bits per heavy atom. The number of hydrogen-bond donors (Lipinski definition) is 2. The van der Waals surface area contributed by atoms with Gasteiger partial charge in [0.05, 0.1) is 11.1 Å². The molecule has 0 amide bonds. The summed E-state index contributed by atoms with van der Waals surface area (Å²) < 4.78 is 72.6. The number of benzene rings is 2. The van der Waals surface area contributed by atoms with Gasteiger partial charge in [-0.05, 0) is 61.1 Å². The number of cyclic esters (lactones) is 1. The summed E-state index contributed by atoms with van der Waals surface area (Å²) in [7, 11) is -4.30. The number of carbonyl (C=O) groups is 1. The number of nitrogens with one attached hydrogen (secondary N) is 1. The van der Waals surface area contributed by atoms with E-state index in [9.17, 15) is 31.5 Å². The Morgan fingerprint density at radius 2 is 1.79 bits per heavy atom. The highest BCUT2D eigenvalue weighted by molar-refractivity contribution is 7.92. The Balaban J connectivity index is 1.57. The van der Waals surface area contributed by atoms with Crippen molar-refractivity contribution in [3.05, 3.63) is 101 Å². The summed E-state index contributed by atoms with van der Waals surface area (Å²) in [6, 6.07) is 17.6. The number of hydrogen-bond acceptors (Lipinski definition) is 6. The van der Waals surface area contributed by atoms with Crippen LogP contribution in [0.4, 0.5) is 18.9 Å². The minimum Gasteiger partial charge on any atom is -0.512 e. The number of aliphatic hydroxyl groups is 1. The number of rotatable bonds is 11. The topological polar surface area (TPSA) is 106 Å². The highest BCUT2D eigenvalue weighted by Crippen LogP contribution is 2.42. The standard InChI is InChI=1S/C31H33F3N2O5S/c1-3-16-30(17-15-21-9-6-5-7-10-21)19-26(37)28(29(38)41-30)25(4-2)22-11-8-12-24(18-22)36-42(39,40)27-14-13-23(20-35-27)31(32,33)34/h5-14,18,20,25,36-37H,3-4,15-17,19H2,1-2H3/t25-,30-/m0/s1. The zero-order chi connectivity index (χ0) is 30.5. The molecule has 0 aliphatic carbocycles. The lowest BCUT2D eigenvalue weighted by Crippen LogP contribution is -2.41. The molecule has 4 rings (SSSR count). The van der Waals surface area contributed by atoms with Gasteiger partial charge in [-0.3, -0.25) is 4.72 Å². The quantitative estimate of drug-likeness (QED) is 0.223. The highest BCUT2D eigenvalue weighted by atomic mass is 32.2. The lowest BCUT2D eigenvalue weighted by Gasteiger charge is -2.38. The van der Waals surface area contributed by atoms with Gasteiger partial charge in [-0.15, -0.1) is 0 Å². The molecular formula is C31H33F3N2O5S. The number of aromatic nitrogens is 1. The normalized spacial score (nSPS) is 18.5. The molecule has 2 heterocycles. The first-order valence-corrected chi connectivity index (χ1v) is 15.2. The summed E-state index contributed by atoms with van der Waals surface area (Å²) in [5.41, 5.74) is 0.0252. The lowest BCUT2D eigenvalue weighted by molar-refractivity contribution is -0.161. The van der Waals surface area contributed by atoms with Crippen LogP contribution in [0.15, 0.2) is 89.3 Å². The zero-order valence-corrected chi connectivity index (χ0v) is 24.1. The van der Waals surface area contributed by atoms with E-state index in [-0.39, 0.29) is 23.4 Å². The van der Waals surface area contributed by atoms with Crippen LogP contribution in [-0.4, -0.2) is 30.1 Å². The van der Waals surface area contributed by atoms with E-state index in [1.807, 2.05) is 44.2 Å². The molecule has 42 heavy (non-hydrogen) atoms. The molecule has 2 N–H and O–H groups in total. The maximum absolute atomic E-state index is 13.4. The van der Waals surface area contributed by atoms with Crippen molar-refractivity contribution in [3.63, 3.8) is 0 Å². The van der Waals surface area contributed by atoms with Crippen LogP contribution in [-0.2, 0) is 32.2 Å². The van der Waals surface area contributed by atoms with Gasteiger partial charge in [0.25, 0.3) is 10.0 Å². The van der Waals surface area contributed by atoms with Crippen molar-refractivity contribution in [3.8, 4) is 0 Å². The maximum atomic E-state index is 13.4. The van der Waals surface area contributed by atoms with E-state index >= 15 is 0 Å². The van der Waals surface area contributed by atoms with Gasteiger partial charge in [-0.2, -0.15) is 21.6 Å². The molecule has 0 radical (unpaired) electrons. The number of aliphatic hydroxyl groups excluding tert-OH is 1. The summed E-state index contributed by atoms with van der Waals surface area (Å²) in [4.78, 5) is 16.9. The summed E-state index contributed by atoms with van der Waals surface area (Å²) in [5.74, 6) is -1.23. The van der Waals surface area contributed by atoms with Crippen molar-refractivity contribution in [2.24, 2.45) is 0 Å². The van der Waals surface area contributed by atoms with Gasteiger partial charge in [0.15, 0.2) is 5.03 Å². The lowest BCUT2D eigenvalue weighted by atomic mass is 9.80. The van der Waals surface area contributed by atoms with E-state index in [0.29, 0.717) is 43.5 Å². The summed E-state index contributed by atoms with van der Waals surface area (Å²) in [5, 5.41) is 10.6. The molecule has 3 aromatic rings. The molecule has 224 valence electrons. The monoisotopic (exact) mass is 602 g/mol. The Kier molecular flexibility index (Phi) is 9.30. The van der Waals surface area contributed by atoms with Crippen LogP contribution < -0.4 is 4.72 Å². The molecule has 0 saturated heterocycles. The predicted octanol–water partition coefficient (Wildman–Crippen LogP) is 7.33. The van der Waals surface area contributed by atoms with Gasteiger partial charge in [0.1, 0.15) is 11.4 Å². The Bertz CT molecular complexity index is 1540. The van der Waals surface area contributed by atoms with Crippen molar-refractivity contribution >= 4 is 21.7 Å². The van der Waals surface area contributed by atoms with Crippen molar-refractivity contribution in [2.75, 3.05) is 4.72 Å². The third-order valence-corrected chi connectivity index (χ3v) is 8.68. The van der Waals surface area contributed by atoms with E-state index in [4.69, 9.17) is 4.74 Å². The SMILES string of the molecule is CCC[C@]1(CCc2ccccc2)CC(O)=C([C@@H](CC)c2cccc(NS(=O)(=O)c3ccc(C(F)(F)F)cn3)c2)C(=O)O1. The number of carbonyl (C=O) groups excluding carboxylic acids is 1. The molecule has 1 aliphatic rings. The number of halogens is 3. The Hall–Kier alpha value is -3.86. The molecule has 0 fully saturated rings. The van der Waals surface area contributed by atoms with Gasteiger partial charge in [0.2, 0.25) is 0 Å². The van der Waals surface area contributed by atoms with Gasteiger partial charge < -0.3 is 9.84 Å². The van der Waals surface area contributed by atoms with Crippen LogP contribution in [0, 0.1) is 0 Å². The van der Waals surface area contributed by atoms with Crippen LogP contribution in [0.2, 0.25) is 0 Å². The summed E-state index contributed by atoms with van der Waals surface area (Å²) in [6.07, 6.45) is -1.00. The van der Waals surface area contributed by atoms with Crippen molar-refractivity contribution in [1.29, 1.82) is 0 Å². The molecule has 0 bridgehead atoms. The fourth-order valence-electron chi connectivity index (χ4n) is 5.37. The molecule has 0 spiro atoms. The van der Waals surface area contributed by atoms with Gasteiger partial charge in [0, 0.05) is 24.2 Å². The third-order valence-electron chi connectivity index (χ3n) is 7.38. The number of esters is 1. The molecule has 0 saturated carbocycles. The molecule has 11 heteroatoms. The molecule has 0 unspecified atom stereocenters. The fourth-order valence-corrected chi connectivity index (χ4v) is 6.35. The first-order chi connectivity index (χ1) is 19.9. The molecule has 2 atom stereocenters. The van der Waals surface area contributed by atoms with E-state index in [1.54, 1.807) is 12.1 Å². The van der Waals surface area contributed by atoms with Crippen LogP contribution >= 0.6 is 0 Å². The zero-order valence-electron chi connectivity index (χ0n) is 23.3. The molecule has 7 nitrogen and oxygen atoms in total. The number of anilines is 1. The molecule has 1 aliphatic heterocycles. The number of pyridine rings is 1. The van der Waals surface area contributed by atoms with Gasteiger partial charge in [-0.1, -0.05) is 62.7 Å². The first-order valence-electron chi connectivity index (χ1n) is 13.7. The maximum Gasteiger partial charge on any atom is 0.417 e. The van der Waals surface area contributed by atoms with E-state index in [1.165, 1.54) is 12.1 Å². The number of alkyl halides is 3. The molecular weight excluding hydrogens is 569 g/mol. The van der Waals surface area contributed by atoms with Crippen molar-refractivity contribution < 1.29 is 36.2 Å². The average molecular weight is 603 g/mol. The number of aryl methyl sites for hydroxylation is 1. The summed E-state index contributed by atoms with van der Waals surface area (Å²) >= 11 is 0.